The third kappa shape index (κ3) is 6.08. The third-order valence-corrected chi connectivity index (χ3v) is 3.03. The van der Waals surface area contributed by atoms with Gasteiger partial charge in [0.2, 0.25) is 5.60 Å². The minimum Gasteiger partial charge on any atom is -0.479 e. The Morgan fingerprint density at radius 3 is 2.15 bits per heavy atom. The van der Waals surface area contributed by atoms with E-state index in [4.69, 9.17) is 16.3 Å². The fraction of sp³-hybridized carbons (Fsp3) is 0.467. The number of carboxylic acid groups (broad SMARTS) is 1. The molecular weight excluding hydrogens is 357 g/mol. The Bertz CT molecular complexity index is 656. The number of carbonyl (C=O) groups is 1. The van der Waals surface area contributed by atoms with Gasteiger partial charge in [-0.2, -0.15) is 0 Å². The summed E-state index contributed by atoms with van der Waals surface area (Å²) in [7, 11) is 0. The van der Waals surface area contributed by atoms with Crippen molar-refractivity contribution in [3.05, 3.63) is 29.8 Å². The summed E-state index contributed by atoms with van der Waals surface area (Å²) in [5.74, 6) is 2.76. The number of rotatable bonds is 7. The Hall–Kier alpha value is -2.53. The van der Waals surface area contributed by atoms with Crippen LogP contribution in [0.25, 0.3) is 0 Å². The lowest BCUT2D eigenvalue weighted by molar-refractivity contribution is -0.274. The molecule has 1 aromatic rings. The lowest BCUT2D eigenvalue weighted by atomic mass is 9.91. The van der Waals surface area contributed by atoms with Gasteiger partial charge in [-0.1, -0.05) is 12.1 Å². The molecule has 0 aliphatic carbocycles. The van der Waals surface area contributed by atoms with Crippen LogP contribution in [0.4, 0.5) is 13.2 Å². The highest BCUT2D eigenvalue weighted by molar-refractivity contribution is 6.07. The molecule has 1 aromatic carbocycles. The van der Waals surface area contributed by atoms with Gasteiger partial charge in [0.25, 0.3) is 0 Å². The lowest BCUT2D eigenvalue weighted by Gasteiger charge is -2.35. The van der Waals surface area contributed by atoms with E-state index in [0.29, 0.717) is 5.56 Å². The number of carboxylic acids is 1. The molecule has 6 N–H and O–H groups in total. The lowest BCUT2D eigenvalue weighted by Crippen LogP contribution is -2.58. The molecule has 0 heterocycles. The number of nitrogens with one attached hydrogen (secondary N) is 1. The van der Waals surface area contributed by atoms with E-state index in [0.717, 1.165) is 12.1 Å². The van der Waals surface area contributed by atoms with Crippen LogP contribution in [0.15, 0.2) is 29.4 Å². The van der Waals surface area contributed by atoms with Gasteiger partial charge in [-0.25, -0.2) is 16.2 Å². The van der Waals surface area contributed by atoms with E-state index in [1.807, 2.05) is 5.53 Å². The fourth-order valence-corrected chi connectivity index (χ4v) is 2.19. The fourth-order valence-electron chi connectivity index (χ4n) is 2.19. The van der Waals surface area contributed by atoms with Gasteiger partial charge >= 0.3 is 12.3 Å². The van der Waals surface area contributed by atoms with Crippen LogP contribution in [0.2, 0.25) is 0 Å². The number of hydrogen-bond acceptors (Lipinski definition) is 6. The second-order valence-electron chi connectivity index (χ2n) is 6.34. The first kappa shape index (κ1) is 21.5. The van der Waals surface area contributed by atoms with Crippen molar-refractivity contribution in [1.82, 2.24) is 5.53 Å². The van der Waals surface area contributed by atoms with Crippen LogP contribution in [0.3, 0.4) is 0 Å². The maximum atomic E-state index is 12.2. The molecule has 0 fully saturated rings. The topological polar surface area (TPSA) is 132 Å². The third-order valence-electron chi connectivity index (χ3n) is 3.03. The highest BCUT2D eigenvalue weighted by Crippen LogP contribution is 2.28. The van der Waals surface area contributed by atoms with Crippen LogP contribution < -0.4 is 21.8 Å². The van der Waals surface area contributed by atoms with Crippen molar-refractivity contribution in [1.29, 1.82) is 0 Å². The average Bonchev–Trinajstić information content (AvgIpc) is 2.45. The summed E-state index contributed by atoms with van der Waals surface area (Å²) >= 11 is 0. The smallest absolute Gasteiger partial charge is 0.479 e. The van der Waals surface area contributed by atoms with Crippen molar-refractivity contribution in [3.8, 4) is 5.75 Å². The van der Waals surface area contributed by atoms with Gasteiger partial charge in [0.15, 0.2) is 5.84 Å². The Balaban J connectivity index is 3.24. The van der Waals surface area contributed by atoms with E-state index >= 15 is 0 Å². The molecule has 0 spiro atoms. The molecule has 0 aliphatic rings. The highest BCUT2D eigenvalue weighted by Gasteiger charge is 2.47. The van der Waals surface area contributed by atoms with Gasteiger partial charge in [-0.3, -0.25) is 0 Å². The quantitative estimate of drug-likeness (QED) is 0.245. The molecule has 146 valence electrons. The average molecular weight is 378 g/mol. The first-order valence-electron chi connectivity index (χ1n) is 7.36. The molecule has 0 saturated heterocycles. The Morgan fingerprint density at radius 1 is 1.23 bits per heavy atom. The van der Waals surface area contributed by atoms with Crippen LogP contribution in [-0.2, 0) is 16.0 Å². The van der Waals surface area contributed by atoms with Crippen molar-refractivity contribution in [2.24, 2.45) is 16.7 Å². The molecule has 0 radical (unpaired) electrons. The van der Waals surface area contributed by atoms with Crippen LogP contribution in [0.1, 0.15) is 26.3 Å². The van der Waals surface area contributed by atoms with E-state index in [-0.39, 0.29) is 6.42 Å². The number of nitrogens with two attached hydrogens (primary N) is 2. The molecule has 0 bridgehead atoms. The molecule has 1 unspecified atom stereocenters. The van der Waals surface area contributed by atoms with Crippen molar-refractivity contribution in [2.75, 3.05) is 0 Å². The number of benzene rings is 1. The SMILES string of the molecule is CC(C)(C)OC(Cc1ccc(OC(F)(F)F)cc1)(C(=O)O)/C(N)=N/NN. The first-order chi connectivity index (χ1) is 11.8. The summed E-state index contributed by atoms with van der Waals surface area (Å²) in [4.78, 5) is 11.9. The number of aliphatic carboxylic acids is 1. The zero-order valence-electron chi connectivity index (χ0n) is 14.4. The van der Waals surface area contributed by atoms with Crippen LogP contribution in [-0.4, -0.2) is 34.5 Å². The van der Waals surface area contributed by atoms with E-state index < -0.39 is 35.1 Å². The molecule has 1 atom stereocenters. The Kier molecular flexibility index (Phi) is 6.44. The minimum atomic E-state index is -4.83. The van der Waals surface area contributed by atoms with Crippen molar-refractivity contribution in [3.63, 3.8) is 0 Å². The number of hydrazone groups is 1. The number of hydrazine groups is 1. The zero-order valence-corrected chi connectivity index (χ0v) is 14.4. The summed E-state index contributed by atoms with van der Waals surface area (Å²) in [5, 5.41) is 13.2. The second-order valence-corrected chi connectivity index (χ2v) is 6.34. The number of amidine groups is 1. The summed E-state index contributed by atoms with van der Waals surface area (Å²) in [6.45, 7) is 4.86. The van der Waals surface area contributed by atoms with Gasteiger partial charge in [-0.15, -0.1) is 18.3 Å². The van der Waals surface area contributed by atoms with Gasteiger partial charge in [0.1, 0.15) is 5.75 Å². The number of hydrogen-bond donors (Lipinski definition) is 4. The molecule has 11 heteroatoms. The second kappa shape index (κ2) is 7.79. The Labute approximate surface area is 147 Å². The standard InChI is InChI=1S/C15H21F3N4O4/c1-13(2,3)26-14(12(23)24,11(19)21-22-20)8-9-4-6-10(7-5-9)25-15(16,17)18/h4-7,22H,8,20H2,1-3H3,(H2,19,21)(H,23,24). The predicted molar refractivity (Wildman–Crippen MR) is 87.0 cm³/mol. The van der Waals surface area contributed by atoms with Crippen molar-refractivity contribution >= 4 is 11.8 Å². The van der Waals surface area contributed by atoms with Crippen molar-refractivity contribution in [2.45, 2.75) is 44.8 Å². The number of ether oxygens (including phenoxy) is 2. The summed E-state index contributed by atoms with van der Waals surface area (Å²) in [6, 6.07) is 4.66. The maximum Gasteiger partial charge on any atom is 0.573 e. The van der Waals surface area contributed by atoms with E-state index in [9.17, 15) is 23.1 Å². The molecule has 0 saturated carbocycles. The summed E-state index contributed by atoms with van der Waals surface area (Å²) in [5.41, 5.74) is 4.99. The van der Waals surface area contributed by atoms with E-state index in [1.165, 1.54) is 12.1 Å². The van der Waals surface area contributed by atoms with Gasteiger partial charge in [0, 0.05) is 6.42 Å². The molecule has 0 aliphatic heterocycles. The molecule has 8 nitrogen and oxygen atoms in total. The van der Waals surface area contributed by atoms with E-state index in [1.54, 1.807) is 20.8 Å². The highest BCUT2D eigenvalue weighted by atomic mass is 19.4. The molecule has 26 heavy (non-hydrogen) atoms. The van der Waals surface area contributed by atoms with Gasteiger partial charge in [-0.05, 0) is 38.5 Å². The van der Waals surface area contributed by atoms with E-state index in [2.05, 4.69) is 9.84 Å². The number of alkyl halides is 3. The maximum absolute atomic E-state index is 12.2. The molecule has 0 aromatic heterocycles. The van der Waals surface area contributed by atoms with Crippen LogP contribution >= 0.6 is 0 Å². The van der Waals surface area contributed by atoms with Gasteiger partial charge < -0.3 is 20.3 Å². The minimum absolute atomic E-state index is 0.303. The Morgan fingerprint density at radius 2 is 1.77 bits per heavy atom. The predicted octanol–water partition coefficient (Wildman–Crippen LogP) is 1.50. The monoisotopic (exact) mass is 378 g/mol. The number of halogens is 3. The molecule has 1 rings (SSSR count). The van der Waals surface area contributed by atoms with Crippen LogP contribution in [0, 0.1) is 0 Å². The summed E-state index contributed by atoms with van der Waals surface area (Å²) in [6.07, 6.45) is -5.13. The largest absolute Gasteiger partial charge is 0.573 e. The summed E-state index contributed by atoms with van der Waals surface area (Å²) < 4.78 is 46.1. The molecular formula is C15H21F3N4O4. The van der Waals surface area contributed by atoms with Crippen LogP contribution in [0.5, 0.6) is 5.75 Å². The zero-order chi connectivity index (χ0) is 20.2. The normalized spacial score (nSPS) is 15.3. The first-order valence-corrected chi connectivity index (χ1v) is 7.36. The van der Waals surface area contributed by atoms with Gasteiger partial charge in [0.05, 0.1) is 5.60 Å². The van der Waals surface area contributed by atoms with Crippen molar-refractivity contribution < 1.29 is 32.5 Å². The number of nitrogens with zero attached hydrogens (tertiary/aromatic N) is 1. The molecule has 0 amide bonds.